The first-order chi connectivity index (χ1) is 17.3. The van der Waals surface area contributed by atoms with Gasteiger partial charge in [0, 0.05) is 50.2 Å². The molecule has 6 nitrogen and oxygen atoms in total. The molecule has 1 unspecified atom stereocenters. The van der Waals surface area contributed by atoms with Crippen molar-refractivity contribution in [3.8, 4) is 0 Å². The molecule has 36 heavy (non-hydrogen) atoms. The van der Waals surface area contributed by atoms with Crippen LogP contribution < -0.4 is 4.90 Å². The minimum absolute atomic E-state index is 0.0888. The van der Waals surface area contributed by atoms with Crippen molar-refractivity contribution < 1.29 is 14.4 Å². The fraction of sp³-hybridized carbons (Fsp3) is 0.296. The molecule has 5 rings (SSSR count). The van der Waals surface area contributed by atoms with Gasteiger partial charge >= 0.3 is 0 Å². The zero-order valence-corrected chi connectivity index (χ0v) is 22.2. The molecule has 2 fully saturated rings. The highest BCUT2D eigenvalue weighted by molar-refractivity contribution is 7.78. The van der Waals surface area contributed by atoms with E-state index in [0.717, 1.165) is 29.9 Å². The highest BCUT2D eigenvalue weighted by atomic mass is 35.5. The quantitative estimate of drug-likeness (QED) is 0.384. The molecule has 2 aliphatic heterocycles. The number of Topliss-reactive ketones (excluding diaryl/α,β-unsaturated/α-hetero) is 1. The van der Waals surface area contributed by atoms with Gasteiger partial charge in [0.2, 0.25) is 11.8 Å². The monoisotopic (exact) mass is 539 g/mol. The van der Waals surface area contributed by atoms with Crippen LogP contribution in [0, 0.1) is 0 Å². The molecule has 2 aliphatic rings. The number of thiol groups is 1. The summed E-state index contributed by atoms with van der Waals surface area (Å²) >= 11 is 12.6. The summed E-state index contributed by atoms with van der Waals surface area (Å²) in [5.74, 6) is -1.47. The van der Waals surface area contributed by atoms with Gasteiger partial charge in [-0.05, 0) is 51.7 Å². The Morgan fingerprint density at radius 1 is 1.00 bits per heavy atom. The topological polar surface area (TPSA) is 60.9 Å². The van der Waals surface area contributed by atoms with Crippen LogP contribution in [-0.2, 0) is 19.9 Å². The Morgan fingerprint density at radius 3 is 2.31 bits per heavy atom. The van der Waals surface area contributed by atoms with E-state index < -0.39 is 17.4 Å². The number of piperidine rings is 1. The van der Waals surface area contributed by atoms with E-state index in [1.54, 1.807) is 31.2 Å². The molecule has 3 aromatic rings. The number of ketones is 1. The van der Waals surface area contributed by atoms with E-state index in [2.05, 4.69) is 4.90 Å². The average molecular weight is 540 g/mol. The van der Waals surface area contributed by atoms with E-state index in [4.69, 9.17) is 24.4 Å². The number of halogens is 1. The second-order valence-corrected chi connectivity index (χ2v) is 10.7. The summed E-state index contributed by atoms with van der Waals surface area (Å²) in [5.41, 5.74) is 2.19. The number of carbonyl (C=O) groups is 3. The SMILES string of the molecule is CC(=O)N1CCN(c2ccc([C@@]3(c4ccsc4)CC(=O)C(c4ccccc4Cl)C(=O)N3S)cc2)CC1. The number of amides is 2. The summed E-state index contributed by atoms with van der Waals surface area (Å²) in [7, 11) is 0. The van der Waals surface area contributed by atoms with Gasteiger partial charge in [-0.3, -0.25) is 18.7 Å². The molecule has 9 heteroatoms. The Morgan fingerprint density at radius 2 is 1.69 bits per heavy atom. The van der Waals surface area contributed by atoms with E-state index in [-0.39, 0.29) is 18.1 Å². The molecule has 0 N–H and O–H groups in total. The smallest absolute Gasteiger partial charge is 0.248 e. The number of benzene rings is 2. The molecule has 0 spiro atoms. The first kappa shape index (κ1) is 24.9. The third kappa shape index (κ3) is 4.21. The minimum atomic E-state index is -1.03. The van der Waals surface area contributed by atoms with Crippen LogP contribution in [0.25, 0.3) is 0 Å². The maximum Gasteiger partial charge on any atom is 0.248 e. The highest BCUT2D eigenvalue weighted by Gasteiger charge is 2.52. The van der Waals surface area contributed by atoms with Crippen molar-refractivity contribution in [2.24, 2.45) is 0 Å². The van der Waals surface area contributed by atoms with E-state index in [0.29, 0.717) is 23.7 Å². The van der Waals surface area contributed by atoms with Gasteiger partial charge in [0.15, 0.2) is 5.78 Å². The Balaban J connectivity index is 1.49. The van der Waals surface area contributed by atoms with Gasteiger partial charge in [0.05, 0.1) is 0 Å². The molecule has 2 amide bonds. The normalized spacial score (nSPS) is 22.8. The number of carbonyl (C=O) groups excluding carboxylic acids is 3. The van der Waals surface area contributed by atoms with E-state index >= 15 is 0 Å². The van der Waals surface area contributed by atoms with E-state index in [1.165, 1.54) is 15.6 Å². The highest BCUT2D eigenvalue weighted by Crippen LogP contribution is 2.48. The van der Waals surface area contributed by atoms with Crippen LogP contribution in [0.2, 0.25) is 5.02 Å². The van der Waals surface area contributed by atoms with Crippen LogP contribution >= 0.6 is 35.8 Å². The largest absolute Gasteiger partial charge is 0.368 e. The third-order valence-electron chi connectivity index (χ3n) is 7.22. The molecule has 0 radical (unpaired) electrons. The van der Waals surface area contributed by atoms with Crippen LogP contribution in [0.1, 0.15) is 36.0 Å². The maximum absolute atomic E-state index is 13.7. The molecule has 3 heterocycles. The third-order valence-corrected chi connectivity index (χ3v) is 8.79. The Labute approximate surface area is 225 Å². The lowest BCUT2D eigenvalue weighted by atomic mass is 9.73. The van der Waals surface area contributed by atoms with Crippen LogP contribution in [0.15, 0.2) is 65.4 Å². The first-order valence-corrected chi connectivity index (χ1v) is 13.5. The lowest BCUT2D eigenvalue weighted by molar-refractivity contribution is -0.142. The van der Waals surface area contributed by atoms with Crippen LogP contribution in [0.3, 0.4) is 0 Å². The maximum atomic E-state index is 13.7. The summed E-state index contributed by atoms with van der Waals surface area (Å²) in [4.78, 5) is 43.1. The molecular formula is C27H26ClN3O3S2. The summed E-state index contributed by atoms with van der Waals surface area (Å²) in [6.07, 6.45) is 0.0888. The van der Waals surface area contributed by atoms with Crippen molar-refractivity contribution in [3.63, 3.8) is 0 Å². The number of hydrogen-bond acceptors (Lipinski definition) is 6. The fourth-order valence-electron chi connectivity index (χ4n) is 5.24. The van der Waals surface area contributed by atoms with Crippen LogP contribution in [0.5, 0.6) is 0 Å². The number of rotatable bonds is 4. The number of nitrogens with zero attached hydrogens (tertiary/aromatic N) is 3. The fourth-order valence-corrected chi connectivity index (χ4v) is 6.62. The number of piperazine rings is 1. The molecule has 0 bridgehead atoms. The second kappa shape index (κ2) is 9.92. The molecule has 2 saturated heterocycles. The van der Waals surface area contributed by atoms with Crippen molar-refractivity contribution in [2.75, 3.05) is 31.1 Å². The number of hydrogen-bond donors (Lipinski definition) is 1. The van der Waals surface area contributed by atoms with E-state index in [9.17, 15) is 14.4 Å². The van der Waals surface area contributed by atoms with Gasteiger partial charge in [0.1, 0.15) is 11.5 Å². The predicted molar refractivity (Wildman–Crippen MR) is 146 cm³/mol. The van der Waals surface area contributed by atoms with Crippen LogP contribution in [0.4, 0.5) is 5.69 Å². The molecule has 0 aliphatic carbocycles. The molecule has 186 valence electrons. The molecule has 1 aromatic heterocycles. The molecule has 0 saturated carbocycles. The molecule has 2 atom stereocenters. The summed E-state index contributed by atoms with van der Waals surface area (Å²) in [6, 6.07) is 16.9. The Bertz CT molecular complexity index is 1290. The van der Waals surface area contributed by atoms with Gasteiger partial charge in [-0.1, -0.05) is 54.7 Å². The minimum Gasteiger partial charge on any atom is -0.368 e. The predicted octanol–water partition coefficient (Wildman–Crippen LogP) is 4.74. The first-order valence-electron chi connectivity index (χ1n) is 11.8. The molecule has 2 aromatic carbocycles. The Hall–Kier alpha value is -2.81. The van der Waals surface area contributed by atoms with E-state index in [1.807, 2.05) is 46.0 Å². The van der Waals surface area contributed by atoms with Gasteiger partial charge in [-0.25, -0.2) is 0 Å². The number of thiophene rings is 1. The van der Waals surface area contributed by atoms with Crippen molar-refractivity contribution in [3.05, 3.63) is 87.1 Å². The number of anilines is 1. The molecular weight excluding hydrogens is 514 g/mol. The zero-order chi connectivity index (χ0) is 25.4. The van der Waals surface area contributed by atoms with Gasteiger partial charge in [-0.15, -0.1) is 0 Å². The lowest BCUT2D eigenvalue weighted by Gasteiger charge is -2.46. The summed E-state index contributed by atoms with van der Waals surface area (Å²) in [5, 5.41) is 4.30. The standard InChI is InChI=1S/C27H26ClN3O3S2/c1-18(32)29-11-13-30(14-12-29)21-8-6-19(7-9-21)27(20-10-15-36-17-20)16-24(33)25(26(34)31(27)35)22-4-2-3-5-23(22)28/h2-10,15,17,25,35H,11-14,16H2,1H3/t25?,27-/m1/s1. The van der Waals surface area contributed by atoms with Crippen LogP contribution in [-0.4, -0.2) is 53.0 Å². The summed E-state index contributed by atoms with van der Waals surface area (Å²) in [6.45, 7) is 4.48. The second-order valence-electron chi connectivity index (χ2n) is 9.16. The van der Waals surface area contributed by atoms with Crippen molar-refractivity contribution >= 4 is 59.0 Å². The summed E-state index contributed by atoms with van der Waals surface area (Å²) < 4.78 is 1.42. The Kier molecular flexibility index (Phi) is 6.85. The zero-order valence-electron chi connectivity index (χ0n) is 19.8. The van der Waals surface area contributed by atoms with Gasteiger partial charge < -0.3 is 9.80 Å². The van der Waals surface area contributed by atoms with Gasteiger partial charge in [0.25, 0.3) is 0 Å². The lowest BCUT2D eigenvalue weighted by Crippen LogP contribution is -2.54. The van der Waals surface area contributed by atoms with Crippen molar-refractivity contribution in [2.45, 2.75) is 24.8 Å². The van der Waals surface area contributed by atoms with Crippen molar-refractivity contribution in [1.29, 1.82) is 0 Å². The van der Waals surface area contributed by atoms with Gasteiger partial charge in [-0.2, -0.15) is 11.3 Å². The average Bonchev–Trinajstić information content (AvgIpc) is 3.43. The van der Waals surface area contributed by atoms with Crippen molar-refractivity contribution in [1.82, 2.24) is 9.21 Å².